The third-order valence-corrected chi connectivity index (χ3v) is 6.09. The van der Waals surface area contributed by atoms with E-state index in [0.29, 0.717) is 49.3 Å². The Kier molecular flexibility index (Phi) is 6.16. The molecule has 0 radical (unpaired) electrons. The van der Waals surface area contributed by atoms with Crippen molar-refractivity contribution in [3.63, 3.8) is 0 Å². The smallest absolute Gasteiger partial charge is 0.254 e. The summed E-state index contributed by atoms with van der Waals surface area (Å²) >= 11 is 0. The number of hydrogen-bond donors (Lipinski definition) is 1. The molecule has 1 N–H and O–H groups in total. The van der Waals surface area contributed by atoms with Gasteiger partial charge in [0.25, 0.3) is 5.91 Å². The minimum atomic E-state index is -0.339. The average molecular weight is 412 g/mol. The van der Waals surface area contributed by atoms with Crippen molar-refractivity contribution in [3.8, 4) is 0 Å². The van der Waals surface area contributed by atoms with E-state index in [-0.39, 0.29) is 11.7 Å². The van der Waals surface area contributed by atoms with Crippen molar-refractivity contribution in [2.45, 2.75) is 52.0 Å². The van der Waals surface area contributed by atoms with Gasteiger partial charge >= 0.3 is 0 Å². The van der Waals surface area contributed by atoms with Gasteiger partial charge in [0.15, 0.2) is 0 Å². The Hall–Kier alpha value is -2.70. The Bertz CT molecular complexity index is 904. The van der Waals surface area contributed by atoms with Gasteiger partial charge in [-0.3, -0.25) is 4.79 Å². The van der Waals surface area contributed by atoms with E-state index in [1.807, 2.05) is 13.0 Å². The molecule has 160 valence electrons. The summed E-state index contributed by atoms with van der Waals surface area (Å²) in [4.78, 5) is 26.0. The highest BCUT2D eigenvalue weighted by Gasteiger charge is 2.24. The Morgan fingerprint density at radius 3 is 2.47 bits per heavy atom. The molecule has 1 saturated heterocycles. The molecule has 4 rings (SSSR count). The first-order valence-corrected chi connectivity index (χ1v) is 10.9. The Labute approximate surface area is 177 Å². The number of benzene rings is 1. The Balaban J connectivity index is 1.39. The molecule has 0 spiro atoms. The van der Waals surface area contributed by atoms with Crippen LogP contribution in [-0.2, 0) is 0 Å². The zero-order valence-corrected chi connectivity index (χ0v) is 17.8. The van der Waals surface area contributed by atoms with Crippen LogP contribution >= 0.6 is 0 Å². The van der Waals surface area contributed by atoms with E-state index in [1.54, 1.807) is 24.0 Å². The van der Waals surface area contributed by atoms with Gasteiger partial charge < -0.3 is 15.1 Å². The maximum absolute atomic E-state index is 13.8. The number of amides is 1. The standard InChI is InChI=1S/C23H30FN5O/c1-16-8-9-18(15-20(16)24)22(30)29-12-10-28(11-13-29)21-14-17(2)25-23(27-21)26-19-6-4-3-5-7-19/h8-9,14-15,19H,3-7,10-13H2,1-2H3,(H,25,26,27). The molecule has 2 aromatic rings. The van der Waals surface area contributed by atoms with Gasteiger partial charge in [-0.1, -0.05) is 25.3 Å². The van der Waals surface area contributed by atoms with Gasteiger partial charge in [-0.15, -0.1) is 0 Å². The summed E-state index contributed by atoms with van der Waals surface area (Å²) in [5.41, 5.74) is 1.89. The van der Waals surface area contributed by atoms with Crippen molar-refractivity contribution in [2.75, 3.05) is 36.4 Å². The first kappa shape index (κ1) is 20.6. The van der Waals surface area contributed by atoms with Crippen LogP contribution in [0, 0.1) is 19.7 Å². The third-order valence-electron chi connectivity index (χ3n) is 6.09. The molecule has 6 nitrogen and oxygen atoms in total. The van der Waals surface area contributed by atoms with E-state index in [4.69, 9.17) is 4.98 Å². The highest BCUT2D eigenvalue weighted by molar-refractivity contribution is 5.94. The summed E-state index contributed by atoms with van der Waals surface area (Å²) in [7, 11) is 0. The molecule has 0 atom stereocenters. The number of aromatic nitrogens is 2. The van der Waals surface area contributed by atoms with Gasteiger partial charge in [-0.2, -0.15) is 4.98 Å². The average Bonchev–Trinajstić information content (AvgIpc) is 2.75. The molecule has 1 saturated carbocycles. The fourth-order valence-corrected chi connectivity index (χ4v) is 4.26. The summed E-state index contributed by atoms with van der Waals surface area (Å²) in [6, 6.07) is 7.14. The quantitative estimate of drug-likeness (QED) is 0.826. The second-order valence-corrected chi connectivity index (χ2v) is 8.41. The SMILES string of the molecule is Cc1cc(N2CCN(C(=O)c3ccc(C)c(F)c3)CC2)nc(NC2CCCCC2)n1. The van der Waals surface area contributed by atoms with Crippen molar-refractivity contribution in [2.24, 2.45) is 0 Å². The molecule has 2 heterocycles. The number of rotatable bonds is 4. The lowest BCUT2D eigenvalue weighted by atomic mass is 9.96. The number of nitrogens with one attached hydrogen (secondary N) is 1. The molecule has 7 heteroatoms. The lowest BCUT2D eigenvalue weighted by Crippen LogP contribution is -2.49. The number of anilines is 2. The minimum Gasteiger partial charge on any atom is -0.353 e. The molecular formula is C23H30FN5O. The van der Waals surface area contributed by atoms with Crippen LogP contribution < -0.4 is 10.2 Å². The lowest BCUT2D eigenvalue weighted by molar-refractivity contribution is 0.0746. The zero-order chi connectivity index (χ0) is 21.1. The van der Waals surface area contributed by atoms with E-state index in [1.165, 1.54) is 38.2 Å². The van der Waals surface area contributed by atoms with E-state index in [0.717, 1.165) is 11.5 Å². The number of halogens is 1. The van der Waals surface area contributed by atoms with Gasteiger partial charge in [0.05, 0.1) is 0 Å². The van der Waals surface area contributed by atoms with Gasteiger partial charge in [-0.25, -0.2) is 9.37 Å². The minimum absolute atomic E-state index is 0.118. The lowest BCUT2D eigenvalue weighted by Gasteiger charge is -2.35. The second-order valence-electron chi connectivity index (χ2n) is 8.41. The first-order valence-electron chi connectivity index (χ1n) is 10.9. The van der Waals surface area contributed by atoms with Crippen molar-refractivity contribution in [1.82, 2.24) is 14.9 Å². The number of carbonyl (C=O) groups excluding carboxylic acids is 1. The summed E-state index contributed by atoms with van der Waals surface area (Å²) in [6.07, 6.45) is 6.19. The summed E-state index contributed by atoms with van der Waals surface area (Å²) in [5, 5.41) is 3.51. The maximum atomic E-state index is 13.8. The molecule has 1 aliphatic heterocycles. The normalized spacial score (nSPS) is 17.8. The van der Waals surface area contributed by atoms with Crippen LogP contribution in [0.5, 0.6) is 0 Å². The van der Waals surface area contributed by atoms with Crippen molar-refractivity contribution in [1.29, 1.82) is 0 Å². The highest BCUT2D eigenvalue weighted by atomic mass is 19.1. The Morgan fingerprint density at radius 2 is 1.77 bits per heavy atom. The molecular weight excluding hydrogens is 381 g/mol. The third kappa shape index (κ3) is 4.71. The molecule has 1 aromatic heterocycles. The van der Waals surface area contributed by atoms with Crippen LogP contribution in [0.25, 0.3) is 0 Å². The molecule has 30 heavy (non-hydrogen) atoms. The molecule has 1 aromatic carbocycles. The highest BCUT2D eigenvalue weighted by Crippen LogP contribution is 2.23. The number of carbonyl (C=O) groups is 1. The number of hydrogen-bond acceptors (Lipinski definition) is 5. The van der Waals surface area contributed by atoms with Crippen LogP contribution in [0.2, 0.25) is 0 Å². The number of aryl methyl sites for hydroxylation is 2. The van der Waals surface area contributed by atoms with Gasteiger partial charge in [0.2, 0.25) is 5.95 Å². The molecule has 2 aliphatic rings. The monoisotopic (exact) mass is 411 g/mol. The largest absolute Gasteiger partial charge is 0.353 e. The van der Waals surface area contributed by atoms with E-state index >= 15 is 0 Å². The molecule has 0 bridgehead atoms. The van der Waals surface area contributed by atoms with Crippen LogP contribution in [0.1, 0.15) is 53.7 Å². The topological polar surface area (TPSA) is 61.4 Å². The van der Waals surface area contributed by atoms with Gasteiger partial charge in [0, 0.05) is 49.5 Å². The van der Waals surface area contributed by atoms with Crippen LogP contribution in [-0.4, -0.2) is 53.0 Å². The van der Waals surface area contributed by atoms with Crippen molar-refractivity contribution >= 4 is 17.7 Å². The predicted octanol–water partition coefficient (Wildman–Crippen LogP) is 3.94. The fourth-order valence-electron chi connectivity index (χ4n) is 4.26. The zero-order valence-electron chi connectivity index (χ0n) is 17.8. The summed E-state index contributed by atoms with van der Waals surface area (Å²) in [6.45, 7) is 6.25. The first-order chi connectivity index (χ1) is 14.5. The predicted molar refractivity (Wildman–Crippen MR) is 117 cm³/mol. The van der Waals surface area contributed by atoms with Crippen molar-refractivity contribution in [3.05, 3.63) is 46.9 Å². The summed E-state index contributed by atoms with van der Waals surface area (Å²) < 4.78 is 13.8. The van der Waals surface area contributed by atoms with Crippen LogP contribution in [0.15, 0.2) is 24.3 Å². The molecule has 1 aliphatic carbocycles. The molecule has 2 fully saturated rings. The van der Waals surface area contributed by atoms with E-state index in [9.17, 15) is 9.18 Å². The van der Waals surface area contributed by atoms with Crippen molar-refractivity contribution < 1.29 is 9.18 Å². The summed E-state index contributed by atoms with van der Waals surface area (Å²) in [5.74, 6) is 1.14. The van der Waals surface area contributed by atoms with Gasteiger partial charge in [-0.05, 0) is 44.4 Å². The fraction of sp³-hybridized carbons (Fsp3) is 0.522. The molecule has 1 amide bonds. The Morgan fingerprint density at radius 1 is 1.03 bits per heavy atom. The van der Waals surface area contributed by atoms with Gasteiger partial charge in [0.1, 0.15) is 11.6 Å². The molecule has 0 unspecified atom stereocenters. The van der Waals surface area contributed by atoms with E-state index in [2.05, 4.69) is 15.2 Å². The van der Waals surface area contributed by atoms with E-state index < -0.39 is 0 Å². The maximum Gasteiger partial charge on any atom is 0.254 e. The number of nitrogens with zero attached hydrogens (tertiary/aromatic N) is 4. The number of piperazine rings is 1. The second kappa shape index (κ2) is 8.98. The van der Waals surface area contributed by atoms with Crippen LogP contribution in [0.3, 0.4) is 0 Å². The van der Waals surface area contributed by atoms with Crippen LogP contribution in [0.4, 0.5) is 16.2 Å².